The van der Waals surface area contributed by atoms with Gasteiger partial charge in [-0.05, 0) is 42.7 Å². The van der Waals surface area contributed by atoms with E-state index in [0.717, 1.165) is 16.2 Å². The zero-order valence-corrected chi connectivity index (χ0v) is 17.5. The van der Waals surface area contributed by atoms with E-state index >= 15 is 0 Å². The predicted molar refractivity (Wildman–Crippen MR) is 112 cm³/mol. The summed E-state index contributed by atoms with van der Waals surface area (Å²) in [7, 11) is 0. The van der Waals surface area contributed by atoms with E-state index in [2.05, 4.69) is 11.8 Å². The Morgan fingerprint density at radius 2 is 1.67 bits per heavy atom. The quantitative estimate of drug-likeness (QED) is 0.350. The van der Waals surface area contributed by atoms with Crippen LogP contribution in [0.15, 0.2) is 48.5 Å². The van der Waals surface area contributed by atoms with E-state index < -0.39 is 29.6 Å². The number of cyclic esters (lactones) is 2. The number of carbonyl (C=O) groups is 2. The second-order valence-corrected chi connectivity index (χ2v) is 7.67. The maximum absolute atomic E-state index is 12.5. The second kappa shape index (κ2) is 8.60. The van der Waals surface area contributed by atoms with Crippen molar-refractivity contribution in [3.05, 3.63) is 65.2 Å². The Morgan fingerprint density at radius 1 is 1.07 bits per heavy atom. The molecular weight excluding hydrogens is 382 g/mol. The summed E-state index contributed by atoms with van der Waals surface area (Å²) >= 11 is 0. The Hall–Kier alpha value is -3.30. The molecule has 0 bridgehead atoms. The maximum atomic E-state index is 12.5. The van der Waals surface area contributed by atoms with E-state index in [-0.39, 0.29) is 0 Å². The van der Waals surface area contributed by atoms with E-state index in [4.69, 9.17) is 9.47 Å². The van der Waals surface area contributed by atoms with Crippen molar-refractivity contribution in [2.45, 2.75) is 45.9 Å². The molecule has 1 unspecified atom stereocenters. The van der Waals surface area contributed by atoms with Gasteiger partial charge in [-0.3, -0.25) is 19.9 Å². The number of hydroxylamine groups is 1. The summed E-state index contributed by atoms with van der Waals surface area (Å²) in [5, 5.41) is 11.6. The molecule has 0 amide bonds. The van der Waals surface area contributed by atoms with Gasteiger partial charge >= 0.3 is 11.9 Å². The van der Waals surface area contributed by atoms with Crippen LogP contribution in [0, 0.1) is 24.7 Å². The number of aryl methyl sites for hydroxylation is 1. The average Bonchev–Trinajstić information content (AvgIpc) is 2.68. The molecule has 0 spiro atoms. The van der Waals surface area contributed by atoms with Crippen LogP contribution in [0.2, 0.25) is 0 Å². The van der Waals surface area contributed by atoms with Crippen molar-refractivity contribution in [1.82, 2.24) is 0 Å². The van der Waals surface area contributed by atoms with Crippen molar-refractivity contribution in [2.24, 2.45) is 5.92 Å². The monoisotopic (exact) mass is 407 g/mol. The normalized spacial score (nSPS) is 16.7. The molecule has 1 saturated heterocycles. The SMILES string of the molecule is CC#CC(c1ccc(N(O)Cc2ccccc2C)cc1)C1C(=O)OC(C)(C)OC1=O. The van der Waals surface area contributed by atoms with Gasteiger partial charge in [-0.2, -0.15) is 0 Å². The van der Waals surface area contributed by atoms with E-state index in [9.17, 15) is 14.8 Å². The van der Waals surface area contributed by atoms with E-state index in [0.29, 0.717) is 17.8 Å². The lowest BCUT2D eigenvalue weighted by Gasteiger charge is -2.34. The number of esters is 2. The molecule has 0 aromatic heterocycles. The smallest absolute Gasteiger partial charge is 0.325 e. The number of hydrogen-bond acceptors (Lipinski definition) is 6. The third-order valence-electron chi connectivity index (χ3n) is 4.97. The van der Waals surface area contributed by atoms with Gasteiger partial charge in [0.15, 0.2) is 5.92 Å². The predicted octanol–water partition coefficient (Wildman–Crippen LogP) is 3.95. The Balaban J connectivity index is 1.82. The molecule has 6 nitrogen and oxygen atoms in total. The van der Waals surface area contributed by atoms with Crippen LogP contribution in [0.5, 0.6) is 0 Å². The minimum atomic E-state index is -1.29. The lowest BCUT2D eigenvalue weighted by atomic mass is 9.85. The average molecular weight is 407 g/mol. The molecule has 1 atom stereocenters. The molecule has 1 heterocycles. The zero-order chi connectivity index (χ0) is 21.9. The molecule has 0 radical (unpaired) electrons. The van der Waals surface area contributed by atoms with Crippen LogP contribution in [0.3, 0.4) is 0 Å². The summed E-state index contributed by atoms with van der Waals surface area (Å²) in [5.74, 6) is 1.24. The van der Waals surface area contributed by atoms with Crippen molar-refractivity contribution in [2.75, 3.05) is 5.06 Å². The highest BCUT2D eigenvalue weighted by Crippen LogP contribution is 2.34. The minimum absolute atomic E-state index is 0.334. The van der Waals surface area contributed by atoms with Crippen LogP contribution in [-0.4, -0.2) is 22.9 Å². The van der Waals surface area contributed by atoms with Gasteiger partial charge in [0.1, 0.15) is 0 Å². The van der Waals surface area contributed by atoms with Gasteiger partial charge in [-0.15, -0.1) is 5.92 Å². The first kappa shape index (κ1) is 21.4. The topological polar surface area (TPSA) is 76.1 Å². The van der Waals surface area contributed by atoms with E-state index in [1.807, 2.05) is 31.2 Å². The van der Waals surface area contributed by atoms with Gasteiger partial charge in [-0.25, -0.2) is 0 Å². The fraction of sp³-hybridized carbons (Fsp3) is 0.333. The Bertz CT molecular complexity index is 980. The van der Waals surface area contributed by atoms with Crippen molar-refractivity contribution in [3.63, 3.8) is 0 Å². The van der Waals surface area contributed by atoms with Crippen molar-refractivity contribution in [1.29, 1.82) is 0 Å². The number of anilines is 1. The summed E-state index contributed by atoms with van der Waals surface area (Å²) in [6, 6.07) is 14.8. The highest BCUT2D eigenvalue weighted by atomic mass is 16.7. The first-order chi connectivity index (χ1) is 14.2. The maximum Gasteiger partial charge on any atom is 0.325 e. The molecular formula is C24H25NO5. The zero-order valence-electron chi connectivity index (χ0n) is 17.5. The Morgan fingerprint density at radius 3 is 2.23 bits per heavy atom. The molecule has 3 rings (SSSR count). The lowest BCUT2D eigenvalue weighted by Crippen LogP contribution is -2.48. The highest BCUT2D eigenvalue weighted by molar-refractivity contribution is 5.98. The van der Waals surface area contributed by atoms with Gasteiger partial charge in [0.25, 0.3) is 5.79 Å². The third kappa shape index (κ3) is 4.64. The van der Waals surface area contributed by atoms with E-state index in [1.54, 1.807) is 31.2 Å². The Labute approximate surface area is 176 Å². The minimum Gasteiger partial charge on any atom is -0.422 e. The molecule has 0 saturated carbocycles. The Kier molecular flexibility index (Phi) is 6.14. The number of rotatable bonds is 5. The van der Waals surface area contributed by atoms with E-state index in [1.165, 1.54) is 13.8 Å². The summed E-state index contributed by atoms with van der Waals surface area (Å²) in [6.45, 7) is 6.99. The molecule has 0 aliphatic carbocycles. The lowest BCUT2D eigenvalue weighted by molar-refractivity contribution is -0.240. The molecule has 6 heteroatoms. The molecule has 1 fully saturated rings. The highest BCUT2D eigenvalue weighted by Gasteiger charge is 2.47. The van der Waals surface area contributed by atoms with Crippen LogP contribution < -0.4 is 5.06 Å². The second-order valence-electron chi connectivity index (χ2n) is 7.67. The first-order valence-electron chi connectivity index (χ1n) is 9.70. The van der Waals surface area contributed by atoms with Crippen LogP contribution in [0.1, 0.15) is 43.4 Å². The number of benzene rings is 2. The fourth-order valence-electron chi connectivity index (χ4n) is 3.41. The summed E-state index contributed by atoms with van der Waals surface area (Å²) in [4.78, 5) is 25.0. The van der Waals surface area contributed by atoms with Crippen LogP contribution in [0.4, 0.5) is 5.69 Å². The fourth-order valence-corrected chi connectivity index (χ4v) is 3.41. The van der Waals surface area contributed by atoms with Crippen LogP contribution >= 0.6 is 0 Å². The number of hydrogen-bond donors (Lipinski definition) is 1. The van der Waals surface area contributed by atoms with Crippen molar-refractivity contribution >= 4 is 17.6 Å². The summed E-state index contributed by atoms with van der Waals surface area (Å²) in [5.41, 5.74) is 3.34. The van der Waals surface area contributed by atoms with Crippen molar-refractivity contribution in [3.8, 4) is 11.8 Å². The van der Waals surface area contributed by atoms with Crippen LogP contribution in [0.25, 0.3) is 0 Å². The number of nitrogens with zero attached hydrogens (tertiary/aromatic N) is 1. The molecule has 1 N–H and O–H groups in total. The first-order valence-corrected chi connectivity index (χ1v) is 9.70. The molecule has 156 valence electrons. The molecule has 1 aliphatic rings. The molecule has 2 aromatic rings. The van der Waals surface area contributed by atoms with Gasteiger partial charge < -0.3 is 9.47 Å². The standard InChI is InChI=1S/C24H25NO5/c1-5-8-20(21-22(26)29-24(3,4)30-23(21)27)17-11-13-19(14-12-17)25(28)15-18-10-7-6-9-16(18)2/h6-7,9-14,20-21,28H,15H2,1-4H3. The van der Waals surface area contributed by atoms with Gasteiger partial charge in [0.05, 0.1) is 18.2 Å². The molecule has 1 aliphatic heterocycles. The summed E-state index contributed by atoms with van der Waals surface area (Å²) in [6.07, 6.45) is 0. The number of ether oxygens (including phenoxy) is 2. The van der Waals surface area contributed by atoms with Gasteiger partial charge in [0.2, 0.25) is 0 Å². The summed E-state index contributed by atoms with van der Waals surface area (Å²) < 4.78 is 10.5. The van der Waals surface area contributed by atoms with Gasteiger partial charge in [-0.1, -0.05) is 42.3 Å². The molecule has 30 heavy (non-hydrogen) atoms. The largest absolute Gasteiger partial charge is 0.422 e. The molecule has 2 aromatic carbocycles. The van der Waals surface area contributed by atoms with Crippen LogP contribution in [-0.2, 0) is 25.6 Å². The number of carbonyl (C=O) groups excluding carboxylic acids is 2. The van der Waals surface area contributed by atoms with Crippen molar-refractivity contribution < 1.29 is 24.3 Å². The van der Waals surface area contributed by atoms with Gasteiger partial charge in [0, 0.05) is 13.8 Å². The third-order valence-corrected chi connectivity index (χ3v) is 4.97.